The van der Waals surface area contributed by atoms with Crippen molar-refractivity contribution in [3.63, 3.8) is 0 Å². The maximum atomic E-state index is 13.4. The van der Waals surface area contributed by atoms with E-state index in [9.17, 15) is 9.18 Å². The number of hydrogen-bond donors (Lipinski definition) is 1. The summed E-state index contributed by atoms with van der Waals surface area (Å²) in [4.78, 5) is 23.3. The highest BCUT2D eigenvalue weighted by Crippen LogP contribution is 2.26. The molecule has 0 unspecified atom stereocenters. The van der Waals surface area contributed by atoms with E-state index in [2.05, 4.69) is 26.4 Å². The SMILES string of the molecule is O=C(NCCC1CCN(c2ccc3cc(Cl)ccc3n2)CC1)OCc1nc(-c2cccc(F)c2)no1. The van der Waals surface area contributed by atoms with Gasteiger partial charge in [-0.25, -0.2) is 14.2 Å². The van der Waals surface area contributed by atoms with Gasteiger partial charge in [0.05, 0.1) is 5.52 Å². The Hall–Kier alpha value is -3.72. The van der Waals surface area contributed by atoms with Crippen LogP contribution in [0.2, 0.25) is 5.02 Å². The van der Waals surface area contributed by atoms with Crippen LogP contribution in [0.15, 0.2) is 59.1 Å². The van der Waals surface area contributed by atoms with Crippen molar-refractivity contribution < 1.29 is 18.4 Å². The molecule has 2 aromatic heterocycles. The lowest BCUT2D eigenvalue weighted by Crippen LogP contribution is -2.35. The fourth-order valence-corrected chi connectivity index (χ4v) is 4.51. The van der Waals surface area contributed by atoms with E-state index in [0.717, 1.165) is 49.1 Å². The van der Waals surface area contributed by atoms with Crippen LogP contribution in [0.4, 0.5) is 15.0 Å². The number of alkyl carbamates (subject to hydrolysis) is 1. The molecule has 4 aromatic rings. The van der Waals surface area contributed by atoms with Crippen LogP contribution >= 0.6 is 11.6 Å². The number of pyridine rings is 1. The number of nitrogens with one attached hydrogen (secondary N) is 1. The summed E-state index contributed by atoms with van der Waals surface area (Å²) in [7, 11) is 0. The number of benzene rings is 2. The molecule has 1 amide bonds. The summed E-state index contributed by atoms with van der Waals surface area (Å²) in [6.45, 7) is 2.21. The molecular formula is C26H25ClFN5O3. The Balaban J connectivity index is 1.02. The molecular weight excluding hydrogens is 485 g/mol. The van der Waals surface area contributed by atoms with Crippen molar-refractivity contribution in [2.75, 3.05) is 24.5 Å². The summed E-state index contributed by atoms with van der Waals surface area (Å²) in [5, 5.41) is 8.31. The summed E-state index contributed by atoms with van der Waals surface area (Å²) in [6.07, 6.45) is 2.39. The Labute approximate surface area is 212 Å². The Bertz CT molecular complexity index is 1360. The van der Waals surface area contributed by atoms with E-state index < -0.39 is 11.9 Å². The molecule has 1 fully saturated rings. The Morgan fingerprint density at radius 3 is 2.83 bits per heavy atom. The second-order valence-corrected chi connectivity index (χ2v) is 9.19. The molecule has 1 N–H and O–H groups in total. The molecule has 0 aliphatic carbocycles. The fourth-order valence-electron chi connectivity index (χ4n) is 4.33. The fraction of sp³-hybridized carbons (Fsp3) is 0.308. The van der Waals surface area contributed by atoms with Gasteiger partial charge < -0.3 is 19.5 Å². The maximum absolute atomic E-state index is 13.4. The molecule has 0 atom stereocenters. The van der Waals surface area contributed by atoms with E-state index >= 15 is 0 Å². The Kier molecular flexibility index (Phi) is 7.27. The largest absolute Gasteiger partial charge is 0.439 e. The number of carbonyl (C=O) groups excluding carboxylic acids is 1. The van der Waals surface area contributed by atoms with Gasteiger partial charge >= 0.3 is 6.09 Å². The van der Waals surface area contributed by atoms with Crippen molar-refractivity contribution in [2.24, 2.45) is 5.92 Å². The minimum Gasteiger partial charge on any atom is -0.439 e. The first-order valence-electron chi connectivity index (χ1n) is 11.8. The minimum atomic E-state index is -0.543. The molecule has 5 rings (SSSR count). The van der Waals surface area contributed by atoms with Crippen LogP contribution in [0.5, 0.6) is 0 Å². The number of aromatic nitrogens is 3. The van der Waals surface area contributed by atoms with Crippen molar-refractivity contribution >= 4 is 34.4 Å². The summed E-state index contributed by atoms with van der Waals surface area (Å²) in [5.74, 6) is 1.48. The number of anilines is 1. The smallest absolute Gasteiger partial charge is 0.407 e. The first kappa shape index (κ1) is 24.0. The monoisotopic (exact) mass is 509 g/mol. The third-order valence-electron chi connectivity index (χ3n) is 6.27. The van der Waals surface area contributed by atoms with E-state index in [-0.39, 0.29) is 18.3 Å². The summed E-state index contributed by atoms with van der Waals surface area (Å²) in [6, 6.07) is 15.7. The minimum absolute atomic E-state index is 0.141. The van der Waals surface area contributed by atoms with Crippen LogP contribution in [-0.4, -0.2) is 40.9 Å². The summed E-state index contributed by atoms with van der Waals surface area (Å²) >= 11 is 6.06. The number of hydrogen-bond acceptors (Lipinski definition) is 7. The molecule has 10 heteroatoms. The predicted octanol–water partition coefficient (Wildman–Crippen LogP) is 5.61. The molecule has 0 saturated carbocycles. The van der Waals surface area contributed by atoms with Crippen LogP contribution in [0, 0.1) is 11.7 Å². The first-order chi connectivity index (χ1) is 17.5. The van der Waals surface area contributed by atoms with Crippen LogP contribution in [0.3, 0.4) is 0 Å². The van der Waals surface area contributed by atoms with Gasteiger partial charge in [-0.05, 0) is 67.6 Å². The number of nitrogens with zero attached hydrogens (tertiary/aromatic N) is 4. The number of rotatable bonds is 7. The second kappa shape index (κ2) is 10.9. The first-order valence-corrected chi connectivity index (χ1v) is 12.2. The molecule has 1 aliphatic heterocycles. The van der Waals surface area contributed by atoms with Gasteiger partial charge in [0.25, 0.3) is 5.89 Å². The van der Waals surface area contributed by atoms with Crippen LogP contribution in [0.25, 0.3) is 22.3 Å². The molecule has 0 spiro atoms. The van der Waals surface area contributed by atoms with Gasteiger partial charge in [0.2, 0.25) is 5.82 Å². The van der Waals surface area contributed by atoms with Crippen LogP contribution in [-0.2, 0) is 11.3 Å². The van der Waals surface area contributed by atoms with Gasteiger partial charge in [-0.2, -0.15) is 4.98 Å². The van der Waals surface area contributed by atoms with E-state index in [1.165, 1.54) is 12.1 Å². The molecule has 1 saturated heterocycles. The number of halogens is 2. The molecule has 2 aromatic carbocycles. The zero-order valence-corrected chi connectivity index (χ0v) is 20.2. The van der Waals surface area contributed by atoms with Gasteiger partial charge in [0.15, 0.2) is 6.61 Å². The summed E-state index contributed by atoms with van der Waals surface area (Å²) < 4.78 is 23.6. The third kappa shape index (κ3) is 5.91. The molecule has 36 heavy (non-hydrogen) atoms. The lowest BCUT2D eigenvalue weighted by molar-refractivity contribution is 0.125. The normalized spacial score (nSPS) is 14.2. The Morgan fingerprint density at radius 2 is 2.00 bits per heavy atom. The van der Waals surface area contributed by atoms with Gasteiger partial charge in [-0.1, -0.05) is 28.9 Å². The average Bonchev–Trinajstić information content (AvgIpc) is 3.37. The zero-order valence-electron chi connectivity index (χ0n) is 19.5. The van der Waals surface area contributed by atoms with Crippen molar-refractivity contribution in [3.8, 4) is 11.4 Å². The van der Waals surface area contributed by atoms with E-state index in [4.69, 9.17) is 25.8 Å². The van der Waals surface area contributed by atoms with Crippen molar-refractivity contribution in [3.05, 3.63) is 71.3 Å². The number of piperidine rings is 1. The predicted molar refractivity (Wildman–Crippen MR) is 134 cm³/mol. The third-order valence-corrected chi connectivity index (χ3v) is 6.51. The lowest BCUT2D eigenvalue weighted by atomic mass is 9.93. The van der Waals surface area contributed by atoms with Gasteiger partial charge in [-0.3, -0.25) is 0 Å². The molecule has 0 bridgehead atoms. The molecule has 3 heterocycles. The van der Waals surface area contributed by atoms with Crippen molar-refractivity contribution in [2.45, 2.75) is 25.9 Å². The highest BCUT2D eigenvalue weighted by atomic mass is 35.5. The number of ether oxygens (including phenoxy) is 1. The number of carbonyl (C=O) groups is 1. The zero-order chi connectivity index (χ0) is 24.9. The molecule has 1 aliphatic rings. The van der Waals surface area contributed by atoms with Crippen LogP contribution in [0.1, 0.15) is 25.2 Å². The van der Waals surface area contributed by atoms with Crippen molar-refractivity contribution in [1.29, 1.82) is 0 Å². The van der Waals surface area contributed by atoms with Gasteiger partial charge in [0, 0.05) is 35.6 Å². The van der Waals surface area contributed by atoms with Gasteiger partial charge in [0.1, 0.15) is 11.6 Å². The van der Waals surface area contributed by atoms with E-state index in [1.54, 1.807) is 12.1 Å². The summed E-state index contributed by atoms with van der Waals surface area (Å²) in [5.41, 5.74) is 1.43. The molecule has 0 radical (unpaired) electrons. The molecule has 186 valence electrons. The van der Waals surface area contributed by atoms with E-state index in [1.807, 2.05) is 24.3 Å². The topological polar surface area (TPSA) is 93.4 Å². The maximum Gasteiger partial charge on any atom is 0.407 e. The molecule has 8 nitrogen and oxygen atoms in total. The highest BCUT2D eigenvalue weighted by Gasteiger charge is 2.20. The highest BCUT2D eigenvalue weighted by molar-refractivity contribution is 6.31. The number of amides is 1. The van der Waals surface area contributed by atoms with E-state index in [0.29, 0.717) is 23.0 Å². The standard InChI is InChI=1S/C26H25ClFN5O3/c27-20-5-6-22-18(14-20)4-7-23(30-22)33-12-9-17(10-13-33)8-11-29-26(34)35-16-24-31-25(32-36-24)19-2-1-3-21(28)15-19/h1-7,14-15,17H,8-13,16H2,(H,29,34). The van der Waals surface area contributed by atoms with Crippen molar-refractivity contribution in [1.82, 2.24) is 20.4 Å². The van der Waals surface area contributed by atoms with Crippen LogP contribution < -0.4 is 10.2 Å². The average molecular weight is 510 g/mol. The number of fused-ring (bicyclic) bond motifs is 1. The second-order valence-electron chi connectivity index (χ2n) is 8.75. The Morgan fingerprint density at radius 1 is 1.14 bits per heavy atom. The lowest BCUT2D eigenvalue weighted by Gasteiger charge is -2.33. The quantitative estimate of drug-likeness (QED) is 0.346. The van der Waals surface area contributed by atoms with Gasteiger partial charge in [-0.15, -0.1) is 0 Å².